The van der Waals surface area contributed by atoms with E-state index in [0.717, 1.165) is 0 Å². The maximum absolute atomic E-state index is 11.2. The highest BCUT2D eigenvalue weighted by molar-refractivity contribution is 5.77. The molecule has 0 aromatic rings. The quantitative estimate of drug-likeness (QED) is 0.505. The number of methoxy groups -OCH3 is 1. The molecular formula is C11H20N2O5. The van der Waals surface area contributed by atoms with Crippen molar-refractivity contribution in [1.82, 2.24) is 10.6 Å². The van der Waals surface area contributed by atoms with Crippen molar-refractivity contribution in [2.45, 2.75) is 24.3 Å². The lowest BCUT2D eigenvalue weighted by atomic mass is 10.1. The Hall–Kier alpha value is -0.730. The Morgan fingerprint density at radius 2 is 2.22 bits per heavy atom. The average Bonchev–Trinajstić information content (AvgIpc) is 2.63. The number of hydrogen-bond acceptors (Lipinski definition) is 6. The molecule has 2 rings (SSSR count). The minimum Gasteiger partial charge on any atom is -0.389 e. The van der Waals surface area contributed by atoms with Crippen LogP contribution >= 0.6 is 0 Å². The van der Waals surface area contributed by atoms with Crippen LogP contribution in [0, 0.1) is 0 Å². The van der Waals surface area contributed by atoms with Crippen LogP contribution in [0.5, 0.6) is 0 Å². The second-order valence-corrected chi connectivity index (χ2v) is 4.61. The van der Waals surface area contributed by atoms with E-state index in [9.17, 15) is 9.90 Å². The van der Waals surface area contributed by atoms with Crippen molar-refractivity contribution in [2.75, 3.05) is 40.1 Å². The summed E-state index contributed by atoms with van der Waals surface area (Å²) in [6.45, 7) is 2.12. The van der Waals surface area contributed by atoms with Gasteiger partial charge in [-0.2, -0.15) is 0 Å². The summed E-state index contributed by atoms with van der Waals surface area (Å²) in [7, 11) is 1.46. The molecule has 3 N–H and O–H groups in total. The summed E-state index contributed by atoms with van der Waals surface area (Å²) in [5, 5.41) is 16.0. The summed E-state index contributed by atoms with van der Waals surface area (Å²) in [6, 6.07) is 0.207. The predicted molar refractivity (Wildman–Crippen MR) is 62.2 cm³/mol. The fourth-order valence-corrected chi connectivity index (χ4v) is 2.04. The van der Waals surface area contributed by atoms with Crippen molar-refractivity contribution in [3.8, 4) is 0 Å². The number of aliphatic hydroxyl groups excluding tert-OH is 1. The fraction of sp³-hybridized carbons (Fsp3) is 0.909. The molecule has 0 aromatic carbocycles. The first-order valence-corrected chi connectivity index (χ1v) is 6.10. The van der Waals surface area contributed by atoms with Gasteiger partial charge >= 0.3 is 0 Å². The molecule has 7 heteroatoms. The highest BCUT2D eigenvalue weighted by atomic mass is 16.5. The molecule has 104 valence electrons. The van der Waals surface area contributed by atoms with Gasteiger partial charge in [0.2, 0.25) is 5.91 Å². The van der Waals surface area contributed by atoms with Gasteiger partial charge in [-0.1, -0.05) is 0 Å². The van der Waals surface area contributed by atoms with E-state index in [-0.39, 0.29) is 24.7 Å². The zero-order chi connectivity index (χ0) is 13.0. The van der Waals surface area contributed by atoms with Crippen LogP contribution < -0.4 is 10.6 Å². The maximum Gasteiger partial charge on any atom is 0.246 e. The number of aliphatic hydroxyl groups is 1. The third kappa shape index (κ3) is 3.39. The zero-order valence-electron chi connectivity index (χ0n) is 10.4. The van der Waals surface area contributed by atoms with Crippen LogP contribution in [0.4, 0.5) is 0 Å². The Labute approximate surface area is 106 Å². The lowest BCUT2D eigenvalue weighted by Gasteiger charge is -2.30. The molecule has 0 saturated carbocycles. The van der Waals surface area contributed by atoms with Crippen LogP contribution in [0.1, 0.15) is 0 Å². The first-order chi connectivity index (χ1) is 8.70. The lowest BCUT2D eigenvalue weighted by molar-refractivity contribution is -0.125. The molecule has 0 unspecified atom stereocenters. The number of ether oxygens (including phenoxy) is 3. The number of rotatable bonds is 6. The molecule has 18 heavy (non-hydrogen) atoms. The van der Waals surface area contributed by atoms with Gasteiger partial charge in [0, 0.05) is 13.7 Å². The van der Waals surface area contributed by atoms with Gasteiger partial charge in [-0.25, -0.2) is 0 Å². The number of carbonyl (C=O) groups excluding carboxylic acids is 1. The Balaban J connectivity index is 1.69. The van der Waals surface area contributed by atoms with Crippen LogP contribution in [0.2, 0.25) is 0 Å². The first-order valence-electron chi connectivity index (χ1n) is 6.10. The van der Waals surface area contributed by atoms with E-state index in [1.54, 1.807) is 0 Å². The second kappa shape index (κ2) is 6.44. The van der Waals surface area contributed by atoms with Crippen LogP contribution in [0.3, 0.4) is 0 Å². The summed E-state index contributed by atoms with van der Waals surface area (Å²) in [5.74, 6) is -0.211. The summed E-state index contributed by atoms with van der Waals surface area (Å²) >= 11 is 0. The zero-order valence-corrected chi connectivity index (χ0v) is 10.4. The molecular weight excluding hydrogens is 240 g/mol. The highest BCUT2D eigenvalue weighted by Gasteiger charge is 2.37. The van der Waals surface area contributed by atoms with Crippen molar-refractivity contribution in [2.24, 2.45) is 0 Å². The first kappa shape index (κ1) is 13.7. The van der Waals surface area contributed by atoms with Crippen molar-refractivity contribution >= 4 is 5.91 Å². The van der Waals surface area contributed by atoms with Gasteiger partial charge in [-0.3, -0.25) is 4.79 Å². The molecule has 2 heterocycles. The third-order valence-corrected chi connectivity index (χ3v) is 3.15. The SMILES string of the molecule is COCC(=O)NC[C@H]1OC[C@@H](NC2COC2)[C@@H]1O. The van der Waals surface area contributed by atoms with E-state index in [4.69, 9.17) is 14.2 Å². The molecule has 0 bridgehead atoms. The summed E-state index contributed by atoms with van der Waals surface area (Å²) < 4.78 is 15.2. The Morgan fingerprint density at radius 3 is 2.83 bits per heavy atom. The molecule has 3 atom stereocenters. The minimum atomic E-state index is -0.617. The molecule has 2 aliphatic rings. The van der Waals surface area contributed by atoms with Crippen LogP contribution in [-0.4, -0.2) is 75.4 Å². The van der Waals surface area contributed by atoms with Gasteiger partial charge in [0.1, 0.15) is 12.7 Å². The Morgan fingerprint density at radius 1 is 1.44 bits per heavy atom. The predicted octanol–water partition coefficient (Wildman–Crippen LogP) is -2.13. The number of hydrogen-bond donors (Lipinski definition) is 3. The second-order valence-electron chi connectivity index (χ2n) is 4.61. The fourth-order valence-electron chi connectivity index (χ4n) is 2.04. The lowest BCUT2D eigenvalue weighted by Crippen LogP contribution is -2.55. The van der Waals surface area contributed by atoms with E-state index >= 15 is 0 Å². The van der Waals surface area contributed by atoms with Crippen molar-refractivity contribution in [3.63, 3.8) is 0 Å². The molecule has 0 spiro atoms. The average molecular weight is 260 g/mol. The van der Waals surface area contributed by atoms with E-state index in [2.05, 4.69) is 10.6 Å². The molecule has 0 aliphatic carbocycles. The Bertz CT molecular complexity index is 285. The summed E-state index contributed by atoms with van der Waals surface area (Å²) in [5.41, 5.74) is 0. The number of amides is 1. The molecule has 2 fully saturated rings. The van der Waals surface area contributed by atoms with Crippen LogP contribution in [0.25, 0.3) is 0 Å². The van der Waals surface area contributed by atoms with Crippen molar-refractivity contribution in [3.05, 3.63) is 0 Å². The van der Waals surface area contributed by atoms with Crippen LogP contribution in [0.15, 0.2) is 0 Å². The van der Waals surface area contributed by atoms with E-state index in [0.29, 0.717) is 32.4 Å². The molecule has 2 saturated heterocycles. The van der Waals surface area contributed by atoms with E-state index in [1.165, 1.54) is 7.11 Å². The van der Waals surface area contributed by atoms with Crippen molar-refractivity contribution in [1.29, 1.82) is 0 Å². The smallest absolute Gasteiger partial charge is 0.246 e. The van der Waals surface area contributed by atoms with E-state index in [1.807, 2.05) is 0 Å². The normalized spacial score (nSPS) is 32.2. The topological polar surface area (TPSA) is 89.1 Å². The molecule has 0 aromatic heterocycles. The molecule has 7 nitrogen and oxygen atoms in total. The van der Waals surface area contributed by atoms with E-state index < -0.39 is 6.10 Å². The third-order valence-electron chi connectivity index (χ3n) is 3.15. The van der Waals surface area contributed by atoms with Gasteiger partial charge in [0.25, 0.3) is 0 Å². The largest absolute Gasteiger partial charge is 0.389 e. The van der Waals surface area contributed by atoms with Gasteiger partial charge in [-0.15, -0.1) is 0 Å². The molecule has 0 radical (unpaired) electrons. The maximum atomic E-state index is 11.2. The van der Waals surface area contributed by atoms with Crippen molar-refractivity contribution < 1.29 is 24.1 Å². The number of carbonyl (C=O) groups is 1. The summed E-state index contributed by atoms with van der Waals surface area (Å²) in [6.07, 6.45) is -0.988. The number of nitrogens with one attached hydrogen (secondary N) is 2. The summed E-state index contributed by atoms with van der Waals surface area (Å²) in [4.78, 5) is 11.2. The Kier molecular flexibility index (Phi) is 4.90. The molecule has 2 aliphatic heterocycles. The van der Waals surface area contributed by atoms with Crippen LogP contribution in [-0.2, 0) is 19.0 Å². The monoisotopic (exact) mass is 260 g/mol. The van der Waals surface area contributed by atoms with Gasteiger partial charge in [0.15, 0.2) is 0 Å². The van der Waals surface area contributed by atoms with Gasteiger partial charge in [0.05, 0.1) is 38.0 Å². The highest BCUT2D eigenvalue weighted by Crippen LogP contribution is 2.15. The minimum absolute atomic E-state index is 0.0178. The molecule has 1 amide bonds. The standard InChI is InChI=1S/C11H20N2O5/c1-16-6-10(14)12-2-9-11(15)8(5-18-9)13-7-3-17-4-7/h7-9,11,13,15H,2-6H2,1H3,(H,12,14)/t8-,9-,11+/m1/s1. The van der Waals surface area contributed by atoms with Gasteiger partial charge in [-0.05, 0) is 0 Å². The van der Waals surface area contributed by atoms with Gasteiger partial charge < -0.3 is 30.0 Å².